The average Bonchev–Trinajstić information content (AvgIpc) is 2.98. The molecule has 1 atom stereocenters. The number of para-hydroxylation sites is 1. The number of hydrogen-bond acceptors (Lipinski definition) is 4. The maximum atomic E-state index is 13.0. The molecule has 0 fully saturated rings. The zero-order valence-corrected chi connectivity index (χ0v) is 15.2. The second-order valence-corrected chi connectivity index (χ2v) is 6.72. The van der Waals surface area contributed by atoms with Gasteiger partial charge < -0.3 is 5.32 Å². The first-order valence-corrected chi connectivity index (χ1v) is 8.40. The number of aryl methyl sites for hydroxylation is 3. The molecule has 130 valence electrons. The third-order valence-corrected chi connectivity index (χ3v) is 4.39. The minimum absolute atomic E-state index is 0.122. The summed E-state index contributed by atoms with van der Waals surface area (Å²) in [6.45, 7) is 8.03. The Balaban J connectivity index is 2.02. The summed E-state index contributed by atoms with van der Waals surface area (Å²) in [5.41, 5.74) is 3.39. The predicted molar refractivity (Wildman–Crippen MR) is 97.3 cm³/mol. The molecule has 0 aliphatic heterocycles. The van der Waals surface area contributed by atoms with Crippen LogP contribution in [-0.2, 0) is 7.05 Å². The second kappa shape index (κ2) is 6.63. The van der Waals surface area contributed by atoms with E-state index in [2.05, 4.69) is 34.2 Å². The van der Waals surface area contributed by atoms with E-state index in [1.807, 2.05) is 45.2 Å². The molecule has 25 heavy (non-hydrogen) atoms. The number of fused-ring (bicyclic) bond motifs is 1. The van der Waals surface area contributed by atoms with Crippen molar-refractivity contribution >= 4 is 16.8 Å². The Hall–Kier alpha value is -2.76. The van der Waals surface area contributed by atoms with Crippen LogP contribution < -0.4 is 5.32 Å². The van der Waals surface area contributed by atoms with Crippen molar-refractivity contribution in [1.82, 2.24) is 25.1 Å². The third kappa shape index (κ3) is 3.24. The molecule has 0 aliphatic carbocycles. The number of carbonyl (C=O) groups is 1. The Bertz CT molecular complexity index is 929. The SMILES string of the molecule is Cc1cc(C(=O)NC(c2ncnn2C)C(C)C)c2cccc(C)c2n1. The van der Waals surface area contributed by atoms with Gasteiger partial charge >= 0.3 is 0 Å². The molecule has 6 nitrogen and oxygen atoms in total. The summed E-state index contributed by atoms with van der Waals surface area (Å²) in [6.07, 6.45) is 1.51. The van der Waals surface area contributed by atoms with Gasteiger partial charge in [0, 0.05) is 18.1 Å². The van der Waals surface area contributed by atoms with Crippen LogP contribution in [-0.4, -0.2) is 25.7 Å². The minimum atomic E-state index is -0.215. The lowest BCUT2D eigenvalue weighted by Gasteiger charge is -2.22. The number of amides is 1. The van der Waals surface area contributed by atoms with Crippen molar-refractivity contribution in [2.45, 2.75) is 33.7 Å². The molecule has 0 bridgehead atoms. The lowest BCUT2D eigenvalue weighted by Crippen LogP contribution is -2.33. The Morgan fingerprint density at radius 1 is 1.24 bits per heavy atom. The van der Waals surface area contributed by atoms with Gasteiger partial charge in [0.25, 0.3) is 5.91 Å². The number of aromatic nitrogens is 4. The first-order chi connectivity index (χ1) is 11.9. The van der Waals surface area contributed by atoms with Gasteiger partial charge in [0.2, 0.25) is 0 Å². The van der Waals surface area contributed by atoms with Crippen LogP contribution in [0.4, 0.5) is 0 Å². The normalized spacial score (nSPS) is 12.6. The van der Waals surface area contributed by atoms with Crippen molar-refractivity contribution in [3.05, 3.63) is 53.2 Å². The van der Waals surface area contributed by atoms with Crippen LogP contribution in [0.15, 0.2) is 30.6 Å². The van der Waals surface area contributed by atoms with E-state index >= 15 is 0 Å². The van der Waals surface area contributed by atoms with Gasteiger partial charge in [-0.25, -0.2) is 4.98 Å². The first kappa shape index (κ1) is 17.1. The summed E-state index contributed by atoms with van der Waals surface area (Å²) in [5.74, 6) is 0.806. The topological polar surface area (TPSA) is 72.7 Å². The number of pyridine rings is 1. The van der Waals surface area contributed by atoms with Crippen molar-refractivity contribution in [2.75, 3.05) is 0 Å². The number of rotatable bonds is 4. The molecule has 1 aromatic carbocycles. The maximum Gasteiger partial charge on any atom is 0.252 e. The number of hydrogen-bond donors (Lipinski definition) is 1. The van der Waals surface area contributed by atoms with Gasteiger partial charge in [-0.2, -0.15) is 5.10 Å². The highest BCUT2D eigenvalue weighted by atomic mass is 16.1. The van der Waals surface area contributed by atoms with E-state index in [1.54, 1.807) is 4.68 Å². The van der Waals surface area contributed by atoms with E-state index in [9.17, 15) is 4.79 Å². The zero-order chi connectivity index (χ0) is 18.1. The Morgan fingerprint density at radius 2 is 2.00 bits per heavy atom. The highest BCUT2D eigenvalue weighted by Gasteiger charge is 2.24. The quantitative estimate of drug-likeness (QED) is 0.794. The fourth-order valence-corrected chi connectivity index (χ4v) is 3.04. The molecule has 1 amide bonds. The summed E-state index contributed by atoms with van der Waals surface area (Å²) < 4.78 is 1.70. The van der Waals surface area contributed by atoms with Crippen LogP contribution >= 0.6 is 0 Å². The van der Waals surface area contributed by atoms with Crippen LogP contribution in [0.3, 0.4) is 0 Å². The molecule has 0 saturated heterocycles. The minimum Gasteiger partial charge on any atom is -0.342 e. The number of nitrogens with one attached hydrogen (secondary N) is 1. The highest BCUT2D eigenvalue weighted by molar-refractivity contribution is 6.06. The van der Waals surface area contributed by atoms with Gasteiger partial charge in [0.15, 0.2) is 0 Å². The zero-order valence-electron chi connectivity index (χ0n) is 15.2. The Labute approximate surface area is 147 Å². The maximum absolute atomic E-state index is 13.0. The smallest absolute Gasteiger partial charge is 0.252 e. The van der Waals surface area contributed by atoms with Gasteiger partial charge in [0.05, 0.1) is 17.1 Å². The van der Waals surface area contributed by atoms with Gasteiger partial charge in [-0.15, -0.1) is 0 Å². The van der Waals surface area contributed by atoms with Gasteiger partial charge in [-0.3, -0.25) is 14.5 Å². The molecule has 0 spiro atoms. The molecular formula is C19H23N5O. The van der Waals surface area contributed by atoms with E-state index in [-0.39, 0.29) is 17.9 Å². The summed E-state index contributed by atoms with van der Waals surface area (Å²) in [7, 11) is 1.83. The number of carbonyl (C=O) groups excluding carboxylic acids is 1. The van der Waals surface area contributed by atoms with Crippen molar-refractivity contribution < 1.29 is 4.79 Å². The third-order valence-electron chi connectivity index (χ3n) is 4.39. The van der Waals surface area contributed by atoms with Gasteiger partial charge in [-0.1, -0.05) is 32.0 Å². The molecule has 0 saturated carbocycles. The molecule has 6 heteroatoms. The monoisotopic (exact) mass is 337 g/mol. The molecule has 0 aliphatic rings. The van der Waals surface area contributed by atoms with Crippen LogP contribution in [0.2, 0.25) is 0 Å². The second-order valence-electron chi connectivity index (χ2n) is 6.72. The number of benzene rings is 1. The molecular weight excluding hydrogens is 314 g/mol. The first-order valence-electron chi connectivity index (χ1n) is 8.40. The molecule has 3 rings (SSSR count). The summed E-state index contributed by atoms with van der Waals surface area (Å²) in [6, 6.07) is 7.52. The van der Waals surface area contributed by atoms with Crippen LogP contribution in [0.1, 0.15) is 47.3 Å². The van der Waals surface area contributed by atoms with E-state index in [0.717, 1.165) is 28.0 Å². The van der Waals surface area contributed by atoms with E-state index < -0.39 is 0 Å². The molecule has 1 unspecified atom stereocenters. The summed E-state index contributed by atoms with van der Waals surface area (Å²) in [5, 5.41) is 8.11. The lowest BCUT2D eigenvalue weighted by molar-refractivity contribution is 0.0923. The standard InChI is InChI=1S/C19H23N5O/c1-11(2)16(18-20-10-21-24(18)5)23-19(25)15-9-13(4)22-17-12(3)7-6-8-14(15)17/h6-11,16H,1-5H3,(H,23,25). The fraction of sp³-hybridized carbons (Fsp3) is 0.368. The highest BCUT2D eigenvalue weighted by Crippen LogP contribution is 2.24. The molecule has 1 N–H and O–H groups in total. The molecule has 3 aromatic rings. The van der Waals surface area contributed by atoms with E-state index in [0.29, 0.717) is 5.56 Å². The van der Waals surface area contributed by atoms with Crippen molar-refractivity contribution in [1.29, 1.82) is 0 Å². The van der Waals surface area contributed by atoms with Crippen molar-refractivity contribution in [3.63, 3.8) is 0 Å². The van der Waals surface area contributed by atoms with Crippen molar-refractivity contribution in [2.24, 2.45) is 13.0 Å². The number of nitrogens with zero attached hydrogens (tertiary/aromatic N) is 4. The summed E-state index contributed by atoms with van der Waals surface area (Å²) in [4.78, 5) is 21.9. The Kier molecular flexibility index (Phi) is 4.53. The van der Waals surface area contributed by atoms with Gasteiger partial charge in [0.1, 0.15) is 12.2 Å². The van der Waals surface area contributed by atoms with E-state index in [1.165, 1.54) is 6.33 Å². The molecule has 2 heterocycles. The van der Waals surface area contributed by atoms with Crippen LogP contribution in [0.5, 0.6) is 0 Å². The fourth-order valence-electron chi connectivity index (χ4n) is 3.04. The summed E-state index contributed by atoms with van der Waals surface area (Å²) >= 11 is 0. The Morgan fingerprint density at radius 3 is 2.64 bits per heavy atom. The molecule has 0 radical (unpaired) electrons. The lowest BCUT2D eigenvalue weighted by atomic mass is 10.0. The van der Waals surface area contributed by atoms with Crippen LogP contribution in [0, 0.1) is 19.8 Å². The largest absolute Gasteiger partial charge is 0.342 e. The molecule has 2 aromatic heterocycles. The average molecular weight is 337 g/mol. The van der Waals surface area contributed by atoms with Gasteiger partial charge in [-0.05, 0) is 31.4 Å². The predicted octanol–water partition coefficient (Wildman–Crippen LogP) is 3.11. The van der Waals surface area contributed by atoms with Crippen LogP contribution in [0.25, 0.3) is 10.9 Å². The van der Waals surface area contributed by atoms with E-state index in [4.69, 9.17) is 0 Å². The van der Waals surface area contributed by atoms with Crippen molar-refractivity contribution in [3.8, 4) is 0 Å².